The van der Waals surface area contributed by atoms with Crippen molar-refractivity contribution in [1.82, 2.24) is 4.90 Å². The van der Waals surface area contributed by atoms with Crippen LogP contribution in [0.2, 0.25) is 5.02 Å². The van der Waals surface area contributed by atoms with Crippen LogP contribution < -0.4 is 8.92 Å². The highest BCUT2D eigenvalue weighted by Gasteiger charge is 2.35. The van der Waals surface area contributed by atoms with Crippen LogP contribution in [0.3, 0.4) is 0 Å². The lowest BCUT2D eigenvalue weighted by atomic mass is 10.2. The predicted octanol–water partition coefficient (Wildman–Crippen LogP) is 6.25. The van der Waals surface area contributed by atoms with E-state index in [1.165, 1.54) is 55.7 Å². The number of hydrogen-bond donors (Lipinski definition) is 0. The molecular formula is C24H16BrClFNO6S2. The van der Waals surface area contributed by atoms with E-state index in [-0.39, 0.29) is 27.1 Å². The number of rotatable bonds is 7. The van der Waals surface area contributed by atoms with E-state index in [4.69, 9.17) is 20.5 Å². The van der Waals surface area contributed by atoms with E-state index < -0.39 is 27.1 Å². The second-order valence-electron chi connectivity index (χ2n) is 7.41. The van der Waals surface area contributed by atoms with E-state index in [1.807, 2.05) is 0 Å². The number of imide groups is 1. The van der Waals surface area contributed by atoms with Crippen LogP contribution >= 0.6 is 39.3 Å². The Balaban J connectivity index is 1.51. The van der Waals surface area contributed by atoms with Crippen molar-refractivity contribution in [2.24, 2.45) is 0 Å². The number of amides is 2. The average molecular weight is 613 g/mol. The third kappa shape index (κ3) is 5.75. The van der Waals surface area contributed by atoms with Crippen LogP contribution in [0.5, 0.6) is 11.5 Å². The maximum Gasteiger partial charge on any atom is 0.339 e. The van der Waals surface area contributed by atoms with E-state index in [0.29, 0.717) is 21.3 Å². The fraction of sp³-hybridized carbons (Fsp3) is 0.0833. The van der Waals surface area contributed by atoms with Gasteiger partial charge in [-0.2, -0.15) is 8.42 Å². The van der Waals surface area contributed by atoms with Gasteiger partial charge in [0.15, 0.2) is 5.75 Å². The summed E-state index contributed by atoms with van der Waals surface area (Å²) in [6.45, 7) is -0.0964. The first kappa shape index (κ1) is 26.2. The lowest BCUT2D eigenvalue weighted by Crippen LogP contribution is -2.27. The fourth-order valence-corrected chi connectivity index (χ4v) is 5.79. The summed E-state index contributed by atoms with van der Waals surface area (Å²) in [5.74, 6) is -0.497. The first-order valence-electron chi connectivity index (χ1n) is 10.1. The van der Waals surface area contributed by atoms with E-state index in [0.717, 1.165) is 22.7 Å². The number of ether oxygens (including phenoxy) is 1. The summed E-state index contributed by atoms with van der Waals surface area (Å²) in [6, 6.07) is 14.0. The van der Waals surface area contributed by atoms with Crippen LogP contribution in [0.25, 0.3) is 6.08 Å². The van der Waals surface area contributed by atoms with E-state index in [9.17, 15) is 22.4 Å². The quantitative estimate of drug-likeness (QED) is 0.230. The predicted molar refractivity (Wildman–Crippen MR) is 138 cm³/mol. The number of carbonyl (C=O) groups is 2. The van der Waals surface area contributed by atoms with Crippen molar-refractivity contribution in [2.75, 3.05) is 7.11 Å². The van der Waals surface area contributed by atoms with Gasteiger partial charge in [-0.15, -0.1) is 0 Å². The van der Waals surface area contributed by atoms with Crippen LogP contribution in [0.4, 0.5) is 9.18 Å². The highest BCUT2D eigenvalue weighted by molar-refractivity contribution is 9.10. The summed E-state index contributed by atoms with van der Waals surface area (Å²) in [5, 5.41) is -0.376. The molecule has 2 amide bonds. The van der Waals surface area contributed by atoms with Gasteiger partial charge >= 0.3 is 10.1 Å². The Bertz CT molecular complexity index is 1490. The number of methoxy groups -OCH3 is 1. The highest BCUT2D eigenvalue weighted by atomic mass is 79.9. The number of benzene rings is 3. The van der Waals surface area contributed by atoms with Crippen LogP contribution in [0, 0.1) is 5.82 Å². The average Bonchev–Trinajstić information content (AvgIpc) is 3.09. The zero-order valence-electron chi connectivity index (χ0n) is 18.4. The fourth-order valence-electron chi connectivity index (χ4n) is 3.19. The van der Waals surface area contributed by atoms with Gasteiger partial charge in [0, 0.05) is 5.02 Å². The molecule has 0 bridgehead atoms. The van der Waals surface area contributed by atoms with Crippen molar-refractivity contribution in [3.8, 4) is 11.5 Å². The maximum absolute atomic E-state index is 13.3. The molecule has 3 aromatic carbocycles. The molecule has 0 unspecified atom stereocenters. The molecule has 0 atom stereocenters. The SMILES string of the molecule is COc1ccc(S(=O)(=O)Oc2ccc(/C=C3\SC(=O)N(Cc4ccc(F)cc4Cl)C3=O)cc2Br)cc1. The molecule has 1 fully saturated rings. The monoisotopic (exact) mass is 611 g/mol. The van der Waals surface area contributed by atoms with Crippen molar-refractivity contribution in [3.05, 3.63) is 92.0 Å². The zero-order chi connectivity index (χ0) is 26.0. The van der Waals surface area contributed by atoms with E-state index in [1.54, 1.807) is 12.1 Å². The van der Waals surface area contributed by atoms with Gasteiger partial charge in [0.1, 0.15) is 16.5 Å². The Kier molecular flexibility index (Phi) is 7.74. The summed E-state index contributed by atoms with van der Waals surface area (Å²) in [4.78, 5) is 26.4. The van der Waals surface area contributed by atoms with Gasteiger partial charge in [0.05, 0.1) is 23.0 Å². The van der Waals surface area contributed by atoms with Gasteiger partial charge in [0.25, 0.3) is 11.1 Å². The number of hydrogen-bond acceptors (Lipinski definition) is 7. The van der Waals surface area contributed by atoms with Crippen LogP contribution in [0.1, 0.15) is 11.1 Å². The van der Waals surface area contributed by atoms with E-state index in [2.05, 4.69) is 15.9 Å². The van der Waals surface area contributed by atoms with Gasteiger partial charge in [-0.3, -0.25) is 14.5 Å². The molecule has 0 N–H and O–H groups in total. The van der Waals surface area contributed by atoms with Gasteiger partial charge in [0.2, 0.25) is 0 Å². The van der Waals surface area contributed by atoms with Crippen molar-refractivity contribution in [1.29, 1.82) is 0 Å². The standard InChI is InChI=1S/C24H16BrClFNO6S2/c1-33-17-5-7-18(8-6-17)36(31,32)34-21-9-2-14(10-19(21)25)11-22-23(29)28(24(30)35-22)13-15-3-4-16(27)12-20(15)26/h2-12H,13H2,1H3/b22-11-. The first-order chi connectivity index (χ1) is 17.1. The molecule has 0 aliphatic carbocycles. The molecule has 12 heteroatoms. The molecule has 0 spiro atoms. The van der Waals surface area contributed by atoms with E-state index >= 15 is 0 Å². The number of nitrogens with zero attached hydrogens (tertiary/aromatic N) is 1. The Hall–Kier alpha value is -2.86. The Morgan fingerprint density at radius 2 is 1.81 bits per heavy atom. The molecule has 7 nitrogen and oxygen atoms in total. The lowest BCUT2D eigenvalue weighted by Gasteiger charge is -2.13. The molecule has 3 aromatic rings. The second-order valence-corrected chi connectivity index (χ2v) is 11.2. The topological polar surface area (TPSA) is 90.0 Å². The minimum atomic E-state index is -4.10. The van der Waals surface area contributed by atoms with Crippen LogP contribution in [-0.4, -0.2) is 31.6 Å². The van der Waals surface area contributed by atoms with Crippen molar-refractivity contribution in [2.45, 2.75) is 11.4 Å². The summed E-state index contributed by atoms with van der Waals surface area (Å²) in [6.07, 6.45) is 1.50. The molecule has 4 rings (SSSR count). The molecule has 1 saturated heterocycles. The van der Waals surface area contributed by atoms with Gasteiger partial charge in [-0.05, 0) is 93.4 Å². The van der Waals surface area contributed by atoms with Crippen molar-refractivity contribution in [3.63, 3.8) is 0 Å². The third-order valence-electron chi connectivity index (χ3n) is 5.02. The maximum atomic E-state index is 13.3. The largest absolute Gasteiger partial charge is 0.497 e. The Morgan fingerprint density at radius 3 is 2.44 bits per heavy atom. The molecule has 1 heterocycles. The molecular weight excluding hydrogens is 597 g/mol. The molecule has 36 heavy (non-hydrogen) atoms. The summed E-state index contributed by atoms with van der Waals surface area (Å²) >= 11 is 10.1. The van der Waals surface area contributed by atoms with Crippen molar-refractivity contribution < 1.29 is 31.3 Å². The number of halogens is 3. The zero-order valence-corrected chi connectivity index (χ0v) is 22.4. The molecule has 0 saturated carbocycles. The molecule has 1 aliphatic rings. The Labute approximate surface area is 224 Å². The van der Waals surface area contributed by atoms with Crippen LogP contribution in [0.15, 0.2) is 74.9 Å². The number of carbonyl (C=O) groups excluding carboxylic acids is 2. The van der Waals surface area contributed by atoms with Crippen molar-refractivity contribution >= 4 is 66.6 Å². The highest BCUT2D eigenvalue weighted by Crippen LogP contribution is 2.36. The smallest absolute Gasteiger partial charge is 0.339 e. The normalized spacial score (nSPS) is 15.0. The van der Waals surface area contributed by atoms with Gasteiger partial charge in [-0.1, -0.05) is 23.7 Å². The van der Waals surface area contributed by atoms with Crippen LogP contribution in [-0.2, 0) is 21.5 Å². The summed E-state index contributed by atoms with van der Waals surface area (Å²) < 4.78 is 49.1. The molecule has 0 aromatic heterocycles. The molecule has 186 valence electrons. The second kappa shape index (κ2) is 10.6. The first-order valence-corrected chi connectivity index (χ1v) is 13.5. The Morgan fingerprint density at radius 1 is 1.08 bits per heavy atom. The minimum absolute atomic E-state index is 0.0435. The summed E-state index contributed by atoms with van der Waals surface area (Å²) in [5.41, 5.74) is 0.963. The van der Waals surface area contributed by atoms with Gasteiger partial charge < -0.3 is 8.92 Å². The lowest BCUT2D eigenvalue weighted by molar-refractivity contribution is -0.123. The summed E-state index contributed by atoms with van der Waals surface area (Å²) in [7, 11) is -2.63. The molecule has 0 radical (unpaired) electrons. The number of thioether (sulfide) groups is 1. The minimum Gasteiger partial charge on any atom is -0.497 e. The van der Waals surface area contributed by atoms with Gasteiger partial charge in [-0.25, -0.2) is 4.39 Å². The molecule has 1 aliphatic heterocycles. The third-order valence-corrected chi connectivity index (χ3v) is 8.15.